The SMILES string of the molecule is CCCOc1ccc(C2C(=C(O)c3ccc4c(c3)OCCO4)C(=O)C(=O)N2Cc2ccccc2)cc1OCC. The lowest BCUT2D eigenvalue weighted by Gasteiger charge is -2.26. The van der Waals surface area contributed by atoms with E-state index in [0.717, 1.165) is 12.0 Å². The van der Waals surface area contributed by atoms with Crippen molar-refractivity contribution >= 4 is 17.4 Å². The molecule has 0 aromatic heterocycles. The van der Waals surface area contributed by atoms with Gasteiger partial charge in [0.15, 0.2) is 23.0 Å². The zero-order valence-electron chi connectivity index (χ0n) is 22.0. The molecule has 3 aromatic rings. The Bertz CT molecular complexity index is 1400. The van der Waals surface area contributed by atoms with Crippen LogP contribution in [-0.2, 0) is 16.1 Å². The van der Waals surface area contributed by atoms with Gasteiger partial charge in [0.25, 0.3) is 11.7 Å². The van der Waals surface area contributed by atoms with Crippen molar-refractivity contribution < 1.29 is 33.6 Å². The zero-order chi connectivity index (χ0) is 27.4. The van der Waals surface area contributed by atoms with Gasteiger partial charge in [-0.15, -0.1) is 0 Å². The van der Waals surface area contributed by atoms with E-state index in [2.05, 4.69) is 0 Å². The van der Waals surface area contributed by atoms with Crippen LogP contribution in [0.3, 0.4) is 0 Å². The Kier molecular flexibility index (Phi) is 7.72. The molecule has 5 rings (SSSR count). The Hall–Kier alpha value is -4.46. The summed E-state index contributed by atoms with van der Waals surface area (Å²) in [4.78, 5) is 28.4. The fraction of sp³-hybridized carbons (Fsp3) is 0.290. The summed E-state index contributed by atoms with van der Waals surface area (Å²) in [6, 6.07) is 18.9. The highest BCUT2D eigenvalue weighted by molar-refractivity contribution is 6.46. The Balaban J connectivity index is 1.63. The van der Waals surface area contributed by atoms with E-state index in [1.807, 2.05) is 44.2 Å². The molecule has 0 aliphatic carbocycles. The van der Waals surface area contributed by atoms with E-state index in [-0.39, 0.29) is 17.9 Å². The van der Waals surface area contributed by atoms with E-state index in [0.29, 0.717) is 60.6 Å². The molecule has 2 aliphatic heterocycles. The number of aliphatic hydroxyl groups is 1. The summed E-state index contributed by atoms with van der Waals surface area (Å²) in [7, 11) is 0. The summed E-state index contributed by atoms with van der Waals surface area (Å²) < 4.78 is 23.0. The van der Waals surface area contributed by atoms with Crippen molar-refractivity contribution in [3.63, 3.8) is 0 Å². The summed E-state index contributed by atoms with van der Waals surface area (Å²) in [6.07, 6.45) is 0.833. The van der Waals surface area contributed by atoms with Gasteiger partial charge >= 0.3 is 0 Å². The van der Waals surface area contributed by atoms with E-state index in [9.17, 15) is 14.7 Å². The quantitative estimate of drug-likeness (QED) is 0.229. The van der Waals surface area contributed by atoms with Gasteiger partial charge in [0.1, 0.15) is 19.0 Å². The predicted octanol–water partition coefficient (Wildman–Crippen LogP) is 5.27. The van der Waals surface area contributed by atoms with E-state index < -0.39 is 17.7 Å². The molecule has 202 valence electrons. The maximum atomic E-state index is 13.5. The first-order valence-corrected chi connectivity index (χ1v) is 13.1. The molecule has 1 saturated heterocycles. The molecular formula is C31H31NO7. The number of ether oxygens (including phenoxy) is 4. The van der Waals surface area contributed by atoms with Crippen LogP contribution in [0.2, 0.25) is 0 Å². The summed E-state index contributed by atoms with van der Waals surface area (Å²) in [5.41, 5.74) is 1.83. The number of carbonyl (C=O) groups is 2. The minimum Gasteiger partial charge on any atom is -0.507 e. The van der Waals surface area contributed by atoms with Crippen LogP contribution in [0.5, 0.6) is 23.0 Å². The summed E-state index contributed by atoms with van der Waals surface area (Å²) in [5.74, 6) is 0.386. The van der Waals surface area contributed by atoms with Crippen LogP contribution < -0.4 is 18.9 Å². The topological polar surface area (TPSA) is 94.5 Å². The molecule has 0 radical (unpaired) electrons. The smallest absolute Gasteiger partial charge is 0.295 e. The number of hydrogen-bond acceptors (Lipinski definition) is 7. The van der Waals surface area contributed by atoms with E-state index in [1.165, 1.54) is 4.90 Å². The summed E-state index contributed by atoms with van der Waals surface area (Å²) in [5, 5.41) is 11.5. The van der Waals surface area contributed by atoms with Gasteiger partial charge in [-0.3, -0.25) is 9.59 Å². The van der Waals surface area contributed by atoms with E-state index in [4.69, 9.17) is 18.9 Å². The summed E-state index contributed by atoms with van der Waals surface area (Å²) in [6.45, 7) is 5.83. The molecule has 39 heavy (non-hydrogen) atoms. The zero-order valence-corrected chi connectivity index (χ0v) is 22.0. The first-order valence-electron chi connectivity index (χ1n) is 13.1. The number of likely N-dealkylation sites (tertiary alicyclic amines) is 1. The first-order chi connectivity index (χ1) is 19.0. The minimum absolute atomic E-state index is 0.00251. The highest BCUT2D eigenvalue weighted by atomic mass is 16.6. The number of amides is 1. The molecule has 0 spiro atoms. The van der Waals surface area contributed by atoms with Crippen molar-refractivity contribution in [2.45, 2.75) is 32.9 Å². The van der Waals surface area contributed by atoms with Crippen molar-refractivity contribution in [1.29, 1.82) is 0 Å². The van der Waals surface area contributed by atoms with E-state index in [1.54, 1.807) is 36.4 Å². The highest BCUT2D eigenvalue weighted by Gasteiger charge is 2.46. The molecule has 1 fully saturated rings. The molecule has 8 nitrogen and oxygen atoms in total. The molecule has 0 saturated carbocycles. The van der Waals surface area contributed by atoms with Gasteiger partial charge in [0.05, 0.1) is 24.8 Å². The third-order valence-corrected chi connectivity index (χ3v) is 6.60. The largest absolute Gasteiger partial charge is 0.507 e. The van der Waals surface area contributed by atoms with Crippen LogP contribution in [-0.4, -0.2) is 48.1 Å². The summed E-state index contributed by atoms with van der Waals surface area (Å²) >= 11 is 0. The van der Waals surface area contributed by atoms with Crippen LogP contribution >= 0.6 is 0 Å². The fourth-order valence-corrected chi connectivity index (χ4v) is 4.81. The van der Waals surface area contributed by atoms with Crippen molar-refractivity contribution in [3.05, 3.63) is 89.0 Å². The van der Waals surface area contributed by atoms with Crippen LogP contribution in [0.25, 0.3) is 5.76 Å². The molecule has 3 aromatic carbocycles. The van der Waals surface area contributed by atoms with Crippen molar-refractivity contribution in [1.82, 2.24) is 4.90 Å². The van der Waals surface area contributed by atoms with Gasteiger partial charge in [-0.2, -0.15) is 0 Å². The number of nitrogens with zero attached hydrogens (tertiary/aromatic N) is 1. The fourth-order valence-electron chi connectivity index (χ4n) is 4.81. The lowest BCUT2D eigenvalue weighted by Crippen LogP contribution is -2.29. The standard InChI is InChI=1S/C31H31NO7/c1-3-14-37-23-12-10-21(17-25(23)36-4-2)28-27(29(33)22-11-13-24-26(18-22)39-16-15-38-24)30(34)31(35)32(28)19-20-8-6-5-7-9-20/h5-13,17-18,28,33H,3-4,14-16,19H2,1-2H3. The monoisotopic (exact) mass is 529 g/mol. The third kappa shape index (κ3) is 5.27. The van der Waals surface area contributed by atoms with Crippen LogP contribution in [0.1, 0.15) is 43.0 Å². The van der Waals surface area contributed by atoms with Gasteiger partial charge in [-0.05, 0) is 54.8 Å². The van der Waals surface area contributed by atoms with Gasteiger partial charge in [0.2, 0.25) is 0 Å². The van der Waals surface area contributed by atoms with E-state index >= 15 is 0 Å². The number of carbonyl (C=O) groups excluding carboxylic acids is 2. The molecule has 1 amide bonds. The van der Waals surface area contributed by atoms with Crippen LogP contribution in [0.4, 0.5) is 0 Å². The average Bonchev–Trinajstić information content (AvgIpc) is 3.21. The lowest BCUT2D eigenvalue weighted by atomic mass is 9.94. The molecule has 1 N–H and O–H groups in total. The molecular weight excluding hydrogens is 498 g/mol. The molecule has 8 heteroatoms. The molecule has 2 aliphatic rings. The second kappa shape index (κ2) is 11.5. The first kappa shape index (κ1) is 26.2. The predicted molar refractivity (Wildman–Crippen MR) is 145 cm³/mol. The van der Waals surface area contributed by atoms with Gasteiger partial charge in [-0.25, -0.2) is 0 Å². The van der Waals surface area contributed by atoms with Gasteiger partial charge < -0.3 is 29.0 Å². The number of benzene rings is 3. The second-order valence-electron chi connectivity index (χ2n) is 9.26. The highest BCUT2D eigenvalue weighted by Crippen LogP contribution is 2.43. The van der Waals surface area contributed by atoms with Crippen LogP contribution in [0, 0.1) is 0 Å². The molecule has 0 bridgehead atoms. The number of aliphatic hydroxyl groups excluding tert-OH is 1. The Morgan fingerprint density at radius 2 is 1.69 bits per heavy atom. The van der Waals surface area contributed by atoms with Gasteiger partial charge in [0, 0.05) is 12.1 Å². The van der Waals surface area contributed by atoms with Gasteiger partial charge in [-0.1, -0.05) is 43.3 Å². The normalized spacial score (nSPS) is 17.8. The number of hydrogen-bond donors (Lipinski definition) is 1. The third-order valence-electron chi connectivity index (χ3n) is 6.60. The Morgan fingerprint density at radius 3 is 2.44 bits per heavy atom. The average molecular weight is 530 g/mol. The number of ketones is 1. The van der Waals surface area contributed by atoms with Crippen molar-refractivity contribution in [2.75, 3.05) is 26.4 Å². The number of rotatable bonds is 9. The molecule has 2 heterocycles. The number of fused-ring (bicyclic) bond motifs is 1. The second-order valence-corrected chi connectivity index (χ2v) is 9.26. The molecule has 1 unspecified atom stereocenters. The maximum absolute atomic E-state index is 13.5. The van der Waals surface area contributed by atoms with Crippen molar-refractivity contribution in [2.24, 2.45) is 0 Å². The lowest BCUT2D eigenvalue weighted by molar-refractivity contribution is -0.140. The Morgan fingerprint density at radius 1 is 0.923 bits per heavy atom. The maximum Gasteiger partial charge on any atom is 0.295 e. The van der Waals surface area contributed by atoms with Crippen LogP contribution in [0.15, 0.2) is 72.3 Å². The Labute approximate surface area is 227 Å². The number of Topliss-reactive ketones (excluding diaryl/α,β-unsaturated/α-hetero) is 1. The molecule has 1 atom stereocenters. The minimum atomic E-state index is -0.849. The van der Waals surface area contributed by atoms with Crippen molar-refractivity contribution in [3.8, 4) is 23.0 Å².